The van der Waals surface area contributed by atoms with Gasteiger partial charge < -0.3 is 9.84 Å². The number of nitrogens with zero attached hydrogens (tertiary/aromatic N) is 1. The van der Waals surface area contributed by atoms with E-state index in [1.165, 1.54) is 5.56 Å². The van der Waals surface area contributed by atoms with Crippen molar-refractivity contribution in [3.05, 3.63) is 53.2 Å². The highest BCUT2D eigenvalue weighted by Crippen LogP contribution is 2.27. The Morgan fingerprint density at radius 2 is 2.05 bits per heavy atom. The molecule has 4 heteroatoms. The lowest BCUT2D eigenvalue weighted by Crippen LogP contribution is -2.02. The monoisotopic (exact) mass is 269 g/mol. The van der Waals surface area contributed by atoms with E-state index in [1.807, 2.05) is 18.2 Å². The van der Waals surface area contributed by atoms with Crippen LogP contribution in [0.3, 0.4) is 0 Å². The number of pyridine rings is 1. The number of aromatic nitrogens is 1. The molecule has 0 bridgehead atoms. The van der Waals surface area contributed by atoms with Crippen molar-refractivity contribution in [2.75, 3.05) is 0 Å². The quantitative estimate of drug-likeness (QED) is 0.927. The first-order chi connectivity index (χ1) is 9.72. The number of benzene rings is 1. The number of aryl methyl sites for hydroxylation is 2. The van der Waals surface area contributed by atoms with Gasteiger partial charge in [0.05, 0.1) is 6.42 Å². The maximum Gasteiger partial charge on any atom is 0.307 e. The Bertz CT molecular complexity index is 652. The SMILES string of the molecule is O=C(O)Cc1ccccc1Oc1ccc2c(n1)CCC2. The molecule has 4 nitrogen and oxygen atoms in total. The van der Waals surface area contributed by atoms with E-state index in [-0.39, 0.29) is 6.42 Å². The lowest BCUT2D eigenvalue weighted by atomic mass is 10.1. The number of hydrogen-bond donors (Lipinski definition) is 1. The Balaban J connectivity index is 1.86. The van der Waals surface area contributed by atoms with E-state index in [2.05, 4.69) is 4.98 Å². The predicted molar refractivity (Wildman–Crippen MR) is 74.1 cm³/mol. The van der Waals surface area contributed by atoms with E-state index in [0.717, 1.165) is 25.0 Å². The maximum atomic E-state index is 10.9. The van der Waals surface area contributed by atoms with E-state index < -0.39 is 5.97 Å². The zero-order chi connectivity index (χ0) is 13.9. The number of hydrogen-bond acceptors (Lipinski definition) is 3. The van der Waals surface area contributed by atoms with Crippen molar-refractivity contribution >= 4 is 5.97 Å². The third kappa shape index (κ3) is 2.64. The topological polar surface area (TPSA) is 59.4 Å². The number of para-hydroxylation sites is 1. The number of rotatable bonds is 4. The summed E-state index contributed by atoms with van der Waals surface area (Å²) in [5, 5.41) is 8.91. The van der Waals surface area contributed by atoms with Gasteiger partial charge in [-0.15, -0.1) is 0 Å². The molecule has 3 rings (SSSR count). The van der Waals surface area contributed by atoms with Gasteiger partial charge in [-0.05, 0) is 30.9 Å². The van der Waals surface area contributed by atoms with Crippen molar-refractivity contribution in [1.82, 2.24) is 4.98 Å². The van der Waals surface area contributed by atoms with Crippen molar-refractivity contribution in [3.8, 4) is 11.6 Å². The fourth-order valence-electron chi connectivity index (χ4n) is 2.48. The standard InChI is InChI=1S/C16H15NO3/c18-16(19)10-12-4-1-2-7-14(12)20-15-9-8-11-5-3-6-13(11)17-15/h1-2,4,7-9H,3,5-6,10H2,(H,18,19). The minimum atomic E-state index is -0.872. The number of aliphatic carboxylic acids is 1. The first-order valence-corrected chi connectivity index (χ1v) is 6.69. The zero-order valence-electron chi connectivity index (χ0n) is 11.0. The molecule has 20 heavy (non-hydrogen) atoms. The molecule has 1 N–H and O–H groups in total. The molecule has 1 aliphatic carbocycles. The van der Waals surface area contributed by atoms with Crippen molar-refractivity contribution in [2.24, 2.45) is 0 Å². The summed E-state index contributed by atoms with van der Waals surface area (Å²) in [4.78, 5) is 15.4. The average molecular weight is 269 g/mol. The summed E-state index contributed by atoms with van der Waals surface area (Å²) in [5.74, 6) is 0.215. The average Bonchev–Trinajstić information content (AvgIpc) is 2.88. The van der Waals surface area contributed by atoms with Crippen LogP contribution in [0.15, 0.2) is 36.4 Å². The second kappa shape index (κ2) is 5.33. The Morgan fingerprint density at radius 3 is 2.90 bits per heavy atom. The molecule has 1 aromatic heterocycles. The molecular weight excluding hydrogens is 254 g/mol. The van der Waals surface area contributed by atoms with Crippen LogP contribution in [-0.4, -0.2) is 16.1 Å². The number of carboxylic acids is 1. The van der Waals surface area contributed by atoms with Crippen LogP contribution in [0.4, 0.5) is 0 Å². The highest BCUT2D eigenvalue weighted by molar-refractivity contribution is 5.71. The molecule has 0 fully saturated rings. The molecular formula is C16H15NO3. The van der Waals surface area contributed by atoms with E-state index >= 15 is 0 Å². The molecule has 2 aromatic rings. The van der Waals surface area contributed by atoms with Crippen LogP contribution >= 0.6 is 0 Å². The van der Waals surface area contributed by atoms with Gasteiger partial charge in [-0.2, -0.15) is 0 Å². The van der Waals surface area contributed by atoms with Gasteiger partial charge >= 0.3 is 5.97 Å². The summed E-state index contributed by atoms with van der Waals surface area (Å²) < 4.78 is 5.76. The summed E-state index contributed by atoms with van der Waals surface area (Å²) in [6, 6.07) is 11.1. The minimum Gasteiger partial charge on any atom is -0.481 e. The Kier molecular flexibility index (Phi) is 3.37. The van der Waals surface area contributed by atoms with Gasteiger partial charge in [0.15, 0.2) is 0 Å². The summed E-state index contributed by atoms with van der Waals surface area (Å²) >= 11 is 0. The van der Waals surface area contributed by atoms with Crippen molar-refractivity contribution in [3.63, 3.8) is 0 Å². The third-order valence-corrected chi connectivity index (χ3v) is 3.43. The molecule has 1 heterocycles. The lowest BCUT2D eigenvalue weighted by molar-refractivity contribution is -0.136. The molecule has 0 atom stereocenters. The van der Waals surface area contributed by atoms with Gasteiger partial charge in [0.25, 0.3) is 0 Å². The Hall–Kier alpha value is -2.36. The molecule has 0 spiro atoms. The molecule has 0 amide bonds. The molecule has 0 saturated heterocycles. The number of carbonyl (C=O) groups is 1. The fourth-order valence-corrected chi connectivity index (χ4v) is 2.48. The van der Waals surface area contributed by atoms with Gasteiger partial charge in [-0.1, -0.05) is 24.3 Å². The Labute approximate surface area is 117 Å². The lowest BCUT2D eigenvalue weighted by Gasteiger charge is -2.10. The van der Waals surface area contributed by atoms with E-state index in [1.54, 1.807) is 18.2 Å². The van der Waals surface area contributed by atoms with Gasteiger partial charge in [0.2, 0.25) is 5.88 Å². The van der Waals surface area contributed by atoms with Gasteiger partial charge in [0, 0.05) is 17.3 Å². The minimum absolute atomic E-state index is 0.0545. The zero-order valence-corrected chi connectivity index (χ0v) is 11.0. The second-order valence-corrected chi connectivity index (χ2v) is 4.89. The third-order valence-electron chi connectivity index (χ3n) is 3.43. The number of carboxylic acid groups (broad SMARTS) is 1. The van der Waals surface area contributed by atoms with Crippen molar-refractivity contribution in [2.45, 2.75) is 25.7 Å². The van der Waals surface area contributed by atoms with E-state index in [0.29, 0.717) is 17.2 Å². The van der Waals surface area contributed by atoms with Crippen LogP contribution in [-0.2, 0) is 24.1 Å². The van der Waals surface area contributed by atoms with Crippen LogP contribution in [0.25, 0.3) is 0 Å². The van der Waals surface area contributed by atoms with E-state index in [9.17, 15) is 4.79 Å². The van der Waals surface area contributed by atoms with Gasteiger partial charge in [-0.25, -0.2) is 4.98 Å². The van der Waals surface area contributed by atoms with Crippen LogP contribution < -0.4 is 4.74 Å². The Morgan fingerprint density at radius 1 is 1.20 bits per heavy atom. The molecule has 1 aromatic carbocycles. The second-order valence-electron chi connectivity index (χ2n) is 4.89. The summed E-state index contributed by atoms with van der Waals surface area (Å²) in [6.45, 7) is 0. The van der Waals surface area contributed by atoms with Gasteiger partial charge in [0.1, 0.15) is 5.75 Å². The molecule has 102 valence electrons. The van der Waals surface area contributed by atoms with Crippen molar-refractivity contribution < 1.29 is 14.6 Å². The maximum absolute atomic E-state index is 10.9. The highest BCUT2D eigenvalue weighted by atomic mass is 16.5. The molecule has 0 saturated carbocycles. The smallest absolute Gasteiger partial charge is 0.307 e. The molecule has 0 aliphatic heterocycles. The van der Waals surface area contributed by atoms with Gasteiger partial charge in [-0.3, -0.25) is 4.79 Å². The first-order valence-electron chi connectivity index (χ1n) is 6.69. The fraction of sp³-hybridized carbons (Fsp3) is 0.250. The predicted octanol–water partition coefficient (Wildman–Crippen LogP) is 2.99. The summed E-state index contributed by atoms with van der Waals surface area (Å²) in [6.07, 6.45) is 3.16. The summed E-state index contributed by atoms with van der Waals surface area (Å²) in [7, 11) is 0. The number of fused-ring (bicyclic) bond motifs is 1. The van der Waals surface area contributed by atoms with Crippen LogP contribution in [0.1, 0.15) is 23.2 Å². The summed E-state index contributed by atoms with van der Waals surface area (Å²) in [5.41, 5.74) is 3.04. The highest BCUT2D eigenvalue weighted by Gasteiger charge is 2.14. The van der Waals surface area contributed by atoms with E-state index in [4.69, 9.17) is 9.84 Å². The largest absolute Gasteiger partial charge is 0.481 e. The molecule has 1 aliphatic rings. The molecule has 0 unspecified atom stereocenters. The van der Waals surface area contributed by atoms with Crippen LogP contribution in [0, 0.1) is 0 Å². The van der Waals surface area contributed by atoms with Crippen LogP contribution in [0.5, 0.6) is 11.6 Å². The first kappa shape index (κ1) is 12.7. The molecule has 0 radical (unpaired) electrons. The normalized spacial score (nSPS) is 13.0. The van der Waals surface area contributed by atoms with Crippen LogP contribution in [0.2, 0.25) is 0 Å². The number of ether oxygens (including phenoxy) is 1. The van der Waals surface area contributed by atoms with Crippen molar-refractivity contribution in [1.29, 1.82) is 0 Å².